The van der Waals surface area contributed by atoms with Crippen LogP contribution in [0.5, 0.6) is 0 Å². The van der Waals surface area contributed by atoms with Crippen LogP contribution in [-0.2, 0) is 21.8 Å². The van der Waals surface area contributed by atoms with Crippen molar-refractivity contribution in [2.24, 2.45) is 0 Å². The van der Waals surface area contributed by atoms with E-state index in [1.54, 1.807) is 6.07 Å². The highest BCUT2D eigenvalue weighted by Crippen LogP contribution is 2.34. The molecule has 0 aliphatic carbocycles. The van der Waals surface area contributed by atoms with E-state index in [1.165, 1.54) is 53.8 Å². The molecular weight excluding hydrogens is 522 g/mol. The number of rotatable bonds is 9. The maximum Gasteiger partial charge on any atom is 0.410 e. The summed E-state index contributed by atoms with van der Waals surface area (Å²) in [6.45, 7) is 0.469. The molecule has 1 aromatic carbocycles. The summed E-state index contributed by atoms with van der Waals surface area (Å²) >= 11 is 4.37. The van der Waals surface area contributed by atoms with Gasteiger partial charge in [-0.2, -0.15) is 8.78 Å². The SMILES string of the molecule is COC(=O)c1cnc(CCCN2C(=O)OCC[C@@H]2/C=C/[C@@H](O)C(F)(F)c2cccc(Br)c2)s1. The van der Waals surface area contributed by atoms with E-state index in [-0.39, 0.29) is 12.2 Å². The lowest BCUT2D eigenvalue weighted by Gasteiger charge is -2.33. The van der Waals surface area contributed by atoms with Gasteiger partial charge in [0.1, 0.15) is 11.0 Å². The quantitative estimate of drug-likeness (QED) is 0.368. The van der Waals surface area contributed by atoms with E-state index in [9.17, 15) is 23.5 Å². The molecule has 2 heterocycles. The average Bonchev–Trinajstić information content (AvgIpc) is 3.27. The normalized spacial score (nSPS) is 17.8. The number of aliphatic hydroxyl groups is 1. The summed E-state index contributed by atoms with van der Waals surface area (Å²) in [6.07, 6.45) is 2.77. The van der Waals surface area contributed by atoms with Gasteiger partial charge in [-0.1, -0.05) is 40.2 Å². The summed E-state index contributed by atoms with van der Waals surface area (Å²) in [5, 5.41) is 10.9. The van der Waals surface area contributed by atoms with Crippen molar-refractivity contribution in [3.8, 4) is 0 Å². The second kappa shape index (κ2) is 11.2. The number of halogens is 3. The van der Waals surface area contributed by atoms with Crippen LogP contribution in [0.25, 0.3) is 0 Å². The number of cyclic esters (lactones) is 1. The van der Waals surface area contributed by atoms with Gasteiger partial charge in [0, 0.05) is 29.4 Å². The van der Waals surface area contributed by atoms with Crippen molar-refractivity contribution >= 4 is 39.3 Å². The van der Waals surface area contributed by atoms with Crippen molar-refractivity contribution in [1.82, 2.24) is 9.88 Å². The number of hydrogen-bond donors (Lipinski definition) is 1. The Labute approximate surface area is 202 Å². The standard InChI is InChI=1S/C22H23BrF2N2O5S/c1-31-20(29)17-13-26-19(33-17)6-3-10-27-16(9-11-32-21(27)30)7-8-18(28)22(24,25)14-4-2-5-15(23)12-14/h2,4-5,7-8,12-13,16,18,28H,3,6,9-11H2,1H3/b8-7+/t16-,18+/m0/s1. The summed E-state index contributed by atoms with van der Waals surface area (Å²) in [5.74, 6) is -3.95. The molecule has 1 aliphatic heterocycles. The number of hydrogen-bond acceptors (Lipinski definition) is 7. The van der Waals surface area contributed by atoms with Crippen LogP contribution < -0.4 is 0 Å². The molecule has 1 fully saturated rings. The first-order valence-corrected chi connectivity index (χ1v) is 11.8. The van der Waals surface area contributed by atoms with Gasteiger partial charge in [0.2, 0.25) is 0 Å². The molecule has 2 atom stereocenters. The Morgan fingerprint density at radius 2 is 2.30 bits per heavy atom. The number of amides is 1. The molecule has 1 amide bonds. The van der Waals surface area contributed by atoms with Crippen LogP contribution in [0.15, 0.2) is 47.1 Å². The highest BCUT2D eigenvalue weighted by molar-refractivity contribution is 9.10. The van der Waals surface area contributed by atoms with Crippen LogP contribution in [0.1, 0.15) is 33.1 Å². The smallest absolute Gasteiger partial charge is 0.410 e. The number of esters is 1. The number of carbonyl (C=O) groups is 2. The minimum absolute atomic E-state index is 0.164. The summed E-state index contributed by atoms with van der Waals surface area (Å²) in [6, 6.07) is 5.11. The monoisotopic (exact) mass is 544 g/mol. The van der Waals surface area contributed by atoms with E-state index < -0.39 is 30.1 Å². The minimum atomic E-state index is -3.50. The van der Waals surface area contributed by atoms with Crippen molar-refractivity contribution in [3.05, 3.63) is 62.5 Å². The average molecular weight is 545 g/mol. The molecule has 3 rings (SSSR count). The summed E-state index contributed by atoms with van der Waals surface area (Å²) < 4.78 is 39.6. The Bertz CT molecular complexity index is 1020. The van der Waals surface area contributed by atoms with Crippen LogP contribution in [0.2, 0.25) is 0 Å². The number of methoxy groups -OCH3 is 1. The van der Waals surface area contributed by atoms with Gasteiger partial charge in [0.25, 0.3) is 0 Å². The molecule has 0 saturated carbocycles. The number of thiazole rings is 1. The van der Waals surface area contributed by atoms with Crippen molar-refractivity contribution < 1.29 is 33.0 Å². The van der Waals surface area contributed by atoms with E-state index in [0.29, 0.717) is 35.2 Å². The fourth-order valence-corrected chi connectivity index (χ4v) is 4.62. The third-order valence-electron chi connectivity index (χ3n) is 5.10. The summed E-state index contributed by atoms with van der Waals surface area (Å²) in [4.78, 5) is 29.8. The third-order valence-corrected chi connectivity index (χ3v) is 6.63. The van der Waals surface area contributed by atoms with Gasteiger partial charge in [0.15, 0.2) is 0 Å². The fraction of sp³-hybridized carbons (Fsp3) is 0.409. The molecule has 7 nitrogen and oxygen atoms in total. The van der Waals surface area contributed by atoms with E-state index in [2.05, 4.69) is 25.7 Å². The number of aliphatic hydroxyl groups excluding tert-OH is 1. The molecule has 1 saturated heterocycles. The lowest BCUT2D eigenvalue weighted by molar-refractivity contribution is -0.0930. The second-order valence-corrected chi connectivity index (χ2v) is 9.37. The number of aryl methyl sites for hydroxylation is 1. The predicted octanol–water partition coefficient (Wildman–Crippen LogP) is 4.54. The zero-order valence-corrected chi connectivity index (χ0v) is 20.2. The molecule has 0 spiro atoms. The number of ether oxygens (including phenoxy) is 2. The van der Waals surface area contributed by atoms with Gasteiger partial charge >= 0.3 is 18.0 Å². The van der Waals surface area contributed by atoms with Gasteiger partial charge in [-0.05, 0) is 18.6 Å². The first-order chi connectivity index (χ1) is 15.7. The van der Waals surface area contributed by atoms with Crippen LogP contribution >= 0.6 is 27.3 Å². The second-order valence-electron chi connectivity index (χ2n) is 7.34. The van der Waals surface area contributed by atoms with Crippen molar-refractivity contribution in [2.75, 3.05) is 20.3 Å². The summed E-state index contributed by atoms with van der Waals surface area (Å²) in [5.41, 5.74) is -0.316. The fourth-order valence-electron chi connectivity index (χ4n) is 3.34. The number of benzene rings is 1. The molecule has 2 aromatic rings. The van der Waals surface area contributed by atoms with Gasteiger partial charge in [-0.15, -0.1) is 11.3 Å². The van der Waals surface area contributed by atoms with Gasteiger partial charge in [-0.25, -0.2) is 14.6 Å². The molecule has 11 heteroatoms. The molecule has 33 heavy (non-hydrogen) atoms. The first-order valence-electron chi connectivity index (χ1n) is 10.2. The minimum Gasteiger partial charge on any atom is -0.465 e. The summed E-state index contributed by atoms with van der Waals surface area (Å²) in [7, 11) is 1.29. The molecular formula is C22H23BrF2N2O5S. The van der Waals surface area contributed by atoms with E-state index >= 15 is 0 Å². The van der Waals surface area contributed by atoms with Gasteiger partial charge < -0.3 is 19.5 Å². The van der Waals surface area contributed by atoms with Crippen LogP contribution in [0.3, 0.4) is 0 Å². The van der Waals surface area contributed by atoms with Crippen molar-refractivity contribution in [1.29, 1.82) is 0 Å². The number of aromatic nitrogens is 1. The Balaban J connectivity index is 1.62. The van der Waals surface area contributed by atoms with Crippen molar-refractivity contribution in [2.45, 2.75) is 37.3 Å². The largest absolute Gasteiger partial charge is 0.465 e. The molecule has 1 aliphatic rings. The molecule has 178 valence electrons. The zero-order valence-electron chi connectivity index (χ0n) is 17.7. The maximum atomic E-state index is 14.7. The van der Waals surface area contributed by atoms with Crippen LogP contribution in [-0.4, -0.2) is 59.5 Å². The Morgan fingerprint density at radius 1 is 1.52 bits per heavy atom. The highest BCUT2D eigenvalue weighted by Gasteiger charge is 2.39. The first kappa shape index (κ1) is 25.3. The highest BCUT2D eigenvalue weighted by atomic mass is 79.9. The molecule has 0 radical (unpaired) electrons. The Morgan fingerprint density at radius 3 is 3.03 bits per heavy atom. The molecule has 1 aromatic heterocycles. The van der Waals surface area contributed by atoms with Crippen molar-refractivity contribution in [3.63, 3.8) is 0 Å². The Kier molecular flexibility index (Phi) is 8.55. The maximum absolute atomic E-state index is 14.7. The van der Waals surface area contributed by atoms with E-state index in [4.69, 9.17) is 4.74 Å². The van der Waals surface area contributed by atoms with Gasteiger partial charge in [-0.3, -0.25) is 0 Å². The number of alkyl halides is 2. The third kappa shape index (κ3) is 6.36. The topological polar surface area (TPSA) is 89.0 Å². The lowest BCUT2D eigenvalue weighted by Crippen LogP contribution is -2.45. The van der Waals surface area contributed by atoms with Gasteiger partial charge in [0.05, 0.1) is 31.0 Å². The predicted molar refractivity (Wildman–Crippen MR) is 121 cm³/mol. The number of carbonyl (C=O) groups excluding carboxylic acids is 2. The molecule has 0 unspecified atom stereocenters. The van der Waals surface area contributed by atoms with Crippen LogP contribution in [0.4, 0.5) is 13.6 Å². The van der Waals surface area contributed by atoms with E-state index in [0.717, 1.165) is 11.1 Å². The van der Waals surface area contributed by atoms with Crippen LogP contribution in [0, 0.1) is 0 Å². The zero-order chi connectivity index (χ0) is 24.0. The Hall–Kier alpha value is -2.37. The lowest BCUT2D eigenvalue weighted by atomic mass is 10.0. The van der Waals surface area contributed by atoms with E-state index in [1.807, 2.05) is 0 Å². The molecule has 1 N–H and O–H groups in total. The number of nitrogens with zero attached hydrogens (tertiary/aromatic N) is 2. The molecule has 0 bridgehead atoms.